The molecule has 3 nitrogen and oxygen atoms in total. The van der Waals surface area contributed by atoms with Crippen LogP contribution in [0.3, 0.4) is 0 Å². The highest BCUT2D eigenvalue weighted by Gasteiger charge is 2.14. The number of hydrogen-bond donors (Lipinski definition) is 2. The molecular weight excluding hydrogens is 164 g/mol. The smallest absolute Gasteiger partial charge is 0.220 e. The standard InChI is InChI=1S/C6H12N2O.2C2H6/c1-7-5-2-3-6(9)8-4-5;2*1-2/h5,7H,2-4H2,1H3,(H,8,9);2*1-2H3. The third kappa shape index (κ3) is 7.78. The first-order valence-electron chi connectivity index (χ1n) is 5.27. The highest BCUT2D eigenvalue weighted by molar-refractivity contribution is 5.76. The Balaban J connectivity index is 0. The lowest BCUT2D eigenvalue weighted by atomic mass is 10.1. The summed E-state index contributed by atoms with van der Waals surface area (Å²) in [5.41, 5.74) is 0. The number of hydrogen-bond acceptors (Lipinski definition) is 2. The molecular formula is C10H24N2O. The van der Waals surface area contributed by atoms with Gasteiger partial charge in [0.1, 0.15) is 0 Å². The zero-order chi connectivity index (χ0) is 10.7. The van der Waals surface area contributed by atoms with Gasteiger partial charge in [0.25, 0.3) is 0 Å². The largest absolute Gasteiger partial charge is 0.355 e. The normalized spacial score (nSPS) is 20.1. The average molecular weight is 188 g/mol. The van der Waals surface area contributed by atoms with Crippen LogP contribution >= 0.6 is 0 Å². The van der Waals surface area contributed by atoms with Crippen LogP contribution in [0.1, 0.15) is 40.5 Å². The highest BCUT2D eigenvalue weighted by atomic mass is 16.1. The van der Waals surface area contributed by atoms with Crippen LogP contribution in [-0.2, 0) is 4.79 Å². The minimum Gasteiger partial charge on any atom is -0.355 e. The molecule has 1 amide bonds. The van der Waals surface area contributed by atoms with Crippen LogP contribution in [0.5, 0.6) is 0 Å². The van der Waals surface area contributed by atoms with Crippen molar-refractivity contribution >= 4 is 5.91 Å². The Kier molecular flexibility index (Phi) is 13.1. The average Bonchev–Trinajstić information content (AvgIpc) is 2.25. The van der Waals surface area contributed by atoms with Gasteiger partial charge >= 0.3 is 0 Å². The highest BCUT2D eigenvalue weighted by Crippen LogP contribution is 2.00. The maximum atomic E-state index is 10.6. The Hall–Kier alpha value is -0.570. The second kappa shape index (κ2) is 11.4. The van der Waals surface area contributed by atoms with Crippen molar-refractivity contribution in [1.29, 1.82) is 0 Å². The molecule has 1 unspecified atom stereocenters. The zero-order valence-electron chi connectivity index (χ0n) is 9.61. The van der Waals surface area contributed by atoms with Crippen LogP contribution in [0.15, 0.2) is 0 Å². The predicted molar refractivity (Wildman–Crippen MR) is 57.8 cm³/mol. The summed E-state index contributed by atoms with van der Waals surface area (Å²) in [6, 6.07) is 0.489. The molecule has 0 aromatic heterocycles. The van der Waals surface area contributed by atoms with E-state index in [1.54, 1.807) is 0 Å². The van der Waals surface area contributed by atoms with Gasteiger partial charge in [-0.15, -0.1) is 0 Å². The van der Waals surface area contributed by atoms with E-state index in [0.717, 1.165) is 13.0 Å². The minimum atomic E-state index is 0.182. The first kappa shape index (κ1) is 14.9. The lowest BCUT2D eigenvalue weighted by Gasteiger charge is -2.21. The second-order valence-corrected chi connectivity index (χ2v) is 2.33. The maximum Gasteiger partial charge on any atom is 0.220 e. The SMILES string of the molecule is CC.CC.CNC1CCC(=O)NC1. The Morgan fingerprint density at radius 1 is 1.31 bits per heavy atom. The summed E-state index contributed by atoms with van der Waals surface area (Å²) in [4.78, 5) is 10.6. The van der Waals surface area contributed by atoms with Crippen LogP contribution in [0.4, 0.5) is 0 Å². The summed E-state index contributed by atoms with van der Waals surface area (Å²) >= 11 is 0. The molecule has 1 heterocycles. The number of carbonyl (C=O) groups is 1. The minimum absolute atomic E-state index is 0.182. The molecule has 1 aliphatic heterocycles. The summed E-state index contributed by atoms with van der Waals surface area (Å²) in [5, 5.41) is 5.89. The number of piperidine rings is 1. The fraction of sp³-hybridized carbons (Fsp3) is 0.900. The van der Waals surface area contributed by atoms with E-state index in [4.69, 9.17) is 0 Å². The number of amides is 1. The number of likely N-dealkylation sites (N-methyl/N-ethyl adjacent to an activating group) is 1. The van der Waals surface area contributed by atoms with Crippen LogP contribution in [-0.4, -0.2) is 25.5 Å². The summed E-state index contributed by atoms with van der Waals surface area (Å²) in [6.45, 7) is 8.79. The fourth-order valence-electron chi connectivity index (χ4n) is 0.979. The van der Waals surface area contributed by atoms with E-state index in [9.17, 15) is 4.79 Å². The van der Waals surface area contributed by atoms with Crippen molar-refractivity contribution in [3.8, 4) is 0 Å². The summed E-state index contributed by atoms with van der Waals surface area (Å²) in [6.07, 6.45) is 1.65. The van der Waals surface area contributed by atoms with Crippen molar-refractivity contribution in [3.05, 3.63) is 0 Å². The van der Waals surface area contributed by atoms with Crippen LogP contribution in [0, 0.1) is 0 Å². The third-order valence-corrected chi connectivity index (χ3v) is 1.67. The van der Waals surface area contributed by atoms with Crippen molar-refractivity contribution in [3.63, 3.8) is 0 Å². The topological polar surface area (TPSA) is 41.1 Å². The van der Waals surface area contributed by atoms with E-state index < -0.39 is 0 Å². The second-order valence-electron chi connectivity index (χ2n) is 2.33. The molecule has 1 rings (SSSR count). The lowest BCUT2D eigenvalue weighted by molar-refractivity contribution is -0.122. The van der Waals surface area contributed by atoms with Crippen molar-refractivity contribution in [2.45, 2.75) is 46.6 Å². The molecule has 0 spiro atoms. The summed E-state index contributed by atoms with van der Waals surface area (Å²) in [5.74, 6) is 0.182. The molecule has 1 atom stereocenters. The van der Waals surface area contributed by atoms with Crippen molar-refractivity contribution < 1.29 is 4.79 Å². The quantitative estimate of drug-likeness (QED) is 0.655. The monoisotopic (exact) mass is 188 g/mol. The Morgan fingerprint density at radius 2 is 1.85 bits per heavy atom. The summed E-state index contributed by atoms with van der Waals surface area (Å²) < 4.78 is 0. The van der Waals surface area contributed by atoms with E-state index in [0.29, 0.717) is 12.5 Å². The molecule has 0 saturated carbocycles. The van der Waals surface area contributed by atoms with Crippen LogP contribution < -0.4 is 10.6 Å². The van der Waals surface area contributed by atoms with Gasteiger partial charge in [-0.1, -0.05) is 27.7 Å². The van der Waals surface area contributed by atoms with Gasteiger partial charge in [0.2, 0.25) is 5.91 Å². The van der Waals surface area contributed by atoms with E-state index in [1.165, 1.54) is 0 Å². The molecule has 0 aromatic rings. The first-order chi connectivity index (χ1) is 6.33. The zero-order valence-corrected chi connectivity index (χ0v) is 9.61. The van der Waals surface area contributed by atoms with Gasteiger partial charge in [0.15, 0.2) is 0 Å². The molecule has 1 fully saturated rings. The van der Waals surface area contributed by atoms with E-state index >= 15 is 0 Å². The van der Waals surface area contributed by atoms with E-state index in [-0.39, 0.29) is 5.91 Å². The summed E-state index contributed by atoms with van der Waals surface area (Å²) in [7, 11) is 1.92. The van der Waals surface area contributed by atoms with Gasteiger partial charge < -0.3 is 10.6 Å². The molecule has 0 bridgehead atoms. The van der Waals surface area contributed by atoms with Crippen LogP contribution in [0.2, 0.25) is 0 Å². The Labute approximate surface area is 82.3 Å². The maximum absolute atomic E-state index is 10.6. The lowest BCUT2D eigenvalue weighted by Crippen LogP contribution is -2.44. The Morgan fingerprint density at radius 3 is 2.15 bits per heavy atom. The van der Waals surface area contributed by atoms with E-state index in [2.05, 4.69) is 10.6 Å². The van der Waals surface area contributed by atoms with Gasteiger partial charge in [-0.3, -0.25) is 4.79 Å². The molecule has 3 heteroatoms. The van der Waals surface area contributed by atoms with Gasteiger partial charge in [0.05, 0.1) is 0 Å². The first-order valence-corrected chi connectivity index (χ1v) is 5.27. The van der Waals surface area contributed by atoms with Crippen molar-refractivity contribution in [1.82, 2.24) is 10.6 Å². The van der Waals surface area contributed by atoms with Crippen molar-refractivity contribution in [2.75, 3.05) is 13.6 Å². The van der Waals surface area contributed by atoms with E-state index in [1.807, 2.05) is 34.7 Å². The predicted octanol–water partition coefficient (Wildman–Crippen LogP) is 1.54. The Bertz CT molecular complexity index is 105. The number of carbonyl (C=O) groups excluding carboxylic acids is 1. The molecule has 1 aliphatic rings. The molecule has 2 N–H and O–H groups in total. The number of nitrogens with one attached hydrogen (secondary N) is 2. The molecule has 0 radical (unpaired) electrons. The van der Waals surface area contributed by atoms with Gasteiger partial charge in [-0.2, -0.15) is 0 Å². The van der Waals surface area contributed by atoms with Gasteiger partial charge in [-0.25, -0.2) is 0 Å². The van der Waals surface area contributed by atoms with Crippen LogP contribution in [0.25, 0.3) is 0 Å². The fourth-order valence-corrected chi connectivity index (χ4v) is 0.979. The van der Waals surface area contributed by atoms with Gasteiger partial charge in [0, 0.05) is 19.0 Å². The van der Waals surface area contributed by atoms with Crippen molar-refractivity contribution in [2.24, 2.45) is 0 Å². The third-order valence-electron chi connectivity index (χ3n) is 1.67. The molecule has 1 saturated heterocycles. The molecule has 80 valence electrons. The number of rotatable bonds is 1. The molecule has 0 aromatic carbocycles. The molecule has 0 aliphatic carbocycles. The molecule has 13 heavy (non-hydrogen) atoms. The van der Waals surface area contributed by atoms with Gasteiger partial charge in [-0.05, 0) is 13.5 Å².